The fourth-order valence-electron chi connectivity index (χ4n) is 1.92. The first-order valence-electron chi connectivity index (χ1n) is 5.94. The van der Waals surface area contributed by atoms with Crippen molar-refractivity contribution >= 4 is 6.09 Å². The van der Waals surface area contributed by atoms with E-state index in [0.29, 0.717) is 13.1 Å². The zero-order valence-electron chi connectivity index (χ0n) is 9.61. The van der Waals surface area contributed by atoms with Crippen molar-refractivity contribution in [3.63, 3.8) is 0 Å². The van der Waals surface area contributed by atoms with E-state index in [0.717, 1.165) is 19.6 Å². The topological polar surface area (TPSA) is 43.8 Å². The molecular weight excluding hydrogens is 192 g/mol. The number of hydrogen-bond acceptors (Lipinski definition) is 2. The van der Waals surface area contributed by atoms with Crippen molar-refractivity contribution in [3.8, 4) is 0 Å². The molecule has 0 saturated carbocycles. The monoisotopic (exact) mass is 214 g/mol. The van der Waals surface area contributed by atoms with Crippen molar-refractivity contribution in [1.29, 1.82) is 0 Å². The number of nitrogens with zero attached hydrogens (tertiary/aromatic N) is 2. The van der Waals surface area contributed by atoms with Crippen LogP contribution in [0.5, 0.6) is 0 Å². The van der Waals surface area contributed by atoms with Crippen LogP contribution in [-0.4, -0.2) is 53.7 Å². The van der Waals surface area contributed by atoms with Gasteiger partial charge in [-0.3, -0.25) is 4.90 Å². The van der Waals surface area contributed by atoms with Crippen molar-refractivity contribution in [2.75, 3.05) is 32.7 Å². The molecule has 88 valence electrons. The molecule has 0 unspecified atom stereocenters. The molecule has 0 aliphatic carbocycles. The Morgan fingerprint density at radius 1 is 1.13 bits per heavy atom. The molecule has 4 nitrogen and oxygen atoms in total. The molecule has 0 aromatic carbocycles. The second-order valence-electron chi connectivity index (χ2n) is 4.17. The van der Waals surface area contributed by atoms with Crippen LogP contribution in [0.25, 0.3) is 0 Å². The molecule has 0 radical (unpaired) electrons. The van der Waals surface area contributed by atoms with Crippen LogP contribution in [-0.2, 0) is 0 Å². The van der Waals surface area contributed by atoms with Crippen molar-refractivity contribution in [2.24, 2.45) is 0 Å². The lowest BCUT2D eigenvalue weighted by molar-refractivity contribution is 0.105. The van der Waals surface area contributed by atoms with Gasteiger partial charge in [-0.1, -0.05) is 26.2 Å². The van der Waals surface area contributed by atoms with E-state index in [1.165, 1.54) is 30.6 Å². The maximum atomic E-state index is 10.7. The van der Waals surface area contributed by atoms with Gasteiger partial charge in [0.15, 0.2) is 0 Å². The van der Waals surface area contributed by atoms with E-state index in [2.05, 4.69) is 11.8 Å². The molecule has 0 spiro atoms. The molecule has 1 aliphatic heterocycles. The highest BCUT2D eigenvalue weighted by atomic mass is 16.4. The molecular formula is C11H22N2O2. The standard InChI is InChI=1S/C11H22N2O2/c1-2-3-4-5-6-12-7-9-13(10-8-12)11(14)15/h2-10H2,1H3,(H,14,15). The van der Waals surface area contributed by atoms with Crippen LogP contribution in [0.1, 0.15) is 32.6 Å². The van der Waals surface area contributed by atoms with Crippen molar-refractivity contribution in [3.05, 3.63) is 0 Å². The lowest BCUT2D eigenvalue weighted by Gasteiger charge is -2.33. The Bertz CT molecular complexity index is 189. The normalized spacial score (nSPS) is 18.1. The highest BCUT2D eigenvalue weighted by molar-refractivity contribution is 5.65. The summed E-state index contributed by atoms with van der Waals surface area (Å²) in [6.45, 7) is 6.49. The van der Waals surface area contributed by atoms with E-state index in [1.807, 2.05) is 0 Å². The van der Waals surface area contributed by atoms with Gasteiger partial charge < -0.3 is 10.0 Å². The highest BCUT2D eigenvalue weighted by Gasteiger charge is 2.19. The van der Waals surface area contributed by atoms with Crippen molar-refractivity contribution < 1.29 is 9.90 Å². The van der Waals surface area contributed by atoms with Crippen LogP contribution in [0.3, 0.4) is 0 Å². The Kier molecular flexibility index (Phi) is 5.47. The quantitative estimate of drug-likeness (QED) is 0.710. The molecule has 1 amide bonds. The lowest BCUT2D eigenvalue weighted by atomic mass is 10.2. The smallest absolute Gasteiger partial charge is 0.407 e. The summed E-state index contributed by atoms with van der Waals surface area (Å²) in [4.78, 5) is 14.5. The lowest BCUT2D eigenvalue weighted by Crippen LogP contribution is -2.48. The van der Waals surface area contributed by atoms with Crippen molar-refractivity contribution in [1.82, 2.24) is 9.80 Å². The van der Waals surface area contributed by atoms with Gasteiger partial charge in [0, 0.05) is 26.2 Å². The molecule has 0 bridgehead atoms. The van der Waals surface area contributed by atoms with Crippen LogP contribution in [0.2, 0.25) is 0 Å². The minimum atomic E-state index is -0.777. The molecule has 1 fully saturated rings. The number of unbranched alkanes of at least 4 members (excludes halogenated alkanes) is 3. The second kappa shape index (κ2) is 6.67. The third-order valence-electron chi connectivity index (χ3n) is 2.97. The van der Waals surface area contributed by atoms with Crippen molar-refractivity contribution in [2.45, 2.75) is 32.6 Å². The Balaban J connectivity index is 2.07. The summed E-state index contributed by atoms with van der Waals surface area (Å²) in [5, 5.41) is 8.78. The fraction of sp³-hybridized carbons (Fsp3) is 0.909. The maximum Gasteiger partial charge on any atom is 0.407 e. The average molecular weight is 214 g/mol. The Morgan fingerprint density at radius 2 is 1.80 bits per heavy atom. The molecule has 0 aromatic rings. The number of carboxylic acid groups (broad SMARTS) is 1. The summed E-state index contributed by atoms with van der Waals surface area (Å²) in [6.07, 6.45) is 4.36. The molecule has 0 aromatic heterocycles. The first kappa shape index (κ1) is 12.3. The number of amides is 1. The largest absolute Gasteiger partial charge is 0.465 e. The maximum absolute atomic E-state index is 10.7. The van der Waals surface area contributed by atoms with E-state index in [4.69, 9.17) is 5.11 Å². The summed E-state index contributed by atoms with van der Waals surface area (Å²) in [5.74, 6) is 0. The zero-order chi connectivity index (χ0) is 11.1. The average Bonchev–Trinajstić information content (AvgIpc) is 2.25. The molecule has 1 N–H and O–H groups in total. The van der Waals surface area contributed by atoms with Gasteiger partial charge in [0.2, 0.25) is 0 Å². The minimum Gasteiger partial charge on any atom is -0.465 e. The first-order valence-corrected chi connectivity index (χ1v) is 5.94. The number of carbonyl (C=O) groups is 1. The molecule has 15 heavy (non-hydrogen) atoms. The van der Waals surface area contributed by atoms with Crippen LogP contribution < -0.4 is 0 Å². The van der Waals surface area contributed by atoms with Gasteiger partial charge in [0.1, 0.15) is 0 Å². The van der Waals surface area contributed by atoms with E-state index >= 15 is 0 Å². The SMILES string of the molecule is CCCCCCN1CCN(C(=O)O)CC1. The van der Waals surface area contributed by atoms with E-state index in [9.17, 15) is 4.79 Å². The number of hydrogen-bond donors (Lipinski definition) is 1. The summed E-state index contributed by atoms with van der Waals surface area (Å²) in [7, 11) is 0. The third-order valence-corrected chi connectivity index (χ3v) is 2.97. The number of piperazine rings is 1. The Morgan fingerprint density at radius 3 is 2.33 bits per heavy atom. The van der Waals surface area contributed by atoms with E-state index in [-0.39, 0.29) is 0 Å². The van der Waals surface area contributed by atoms with Gasteiger partial charge in [-0.25, -0.2) is 4.79 Å². The van der Waals surface area contributed by atoms with E-state index < -0.39 is 6.09 Å². The van der Waals surface area contributed by atoms with Gasteiger partial charge in [-0.15, -0.1) is 0 Å². The first-order chi connectivity index (χ1) is 7.24. The summed E-state index contributed by atoms with van der Waals surface area (Å²) in [6, 6.07) is 0. The van der Waals surface area contributed by atoms with E-state index in [1.54, 1.807) is 0 Å². The summed E-state index contributed by atoms with van der Waals surface area (Å²) in [5.41, 5.74) is 0. The second-order valence-corrected chi connectivity index (χ2v) is 4.17. The number of rotatable bonds is 5. The fourth-order valence-corrected chi connectivity index (χ4v) is 1.92. The predicted octanol–water partition coefficient (Wildman–Crippen LogP) is 1.86. The van der Waals surface area contributed by atoms with Crippen LogP contribution in [0.15, 0.2) is 0 Å². The van der Waals surface area contributed by atoms with Gasteiger partial charge in [-0.2, -0.15) is 0 Å². The van der Waals surface area contributed by atoms with Gasteiger partial charge >= 0.3 is 6.09 Å². The summed E-state index contributed by atoms with van der Waals surface area (Å²) < 4.78 is 0. The molecule has 1 heterocycles. The molecule has 1 saturated heterocycles. The Labute approximate surface area is 91.9 Å². The van der Waals surface area contributed by atoms with Gasteiger partial charge in [0.05, 0.1) is 0 Å². The molecule has 1 rings (SSSR count). The van der Waals surface area contributed by atoms with Crippen LogP contribution in [0, 0.1) is 0 Å². The van der Waals surface area contributed by atoms with Gasteiger partial charge in [0.25, 0.3) is 0 Å². The van der Waals surface area contributed by atoms with Crippen LogP contribution >= 0.6 is 0 Å². The van der Waals surface area contributed by atoms with Crippen LogP contribution in [0.4, 0.5) is 4.79 Å². The zero-order valence-corrected chi connectivity index (χ0v) is 9.61. The molecule has 0 atom stereocenters. The molecule has 1 aliphatic rings. The molecule has 4 heteroatoms. The predicted molar refractivity (Wildman–Crippen MR) is 60.2 cm³/mol. The summed E-state index contributed by atoms with van der Waals surface area (Å²) >= 11 is 0. The third kappa shape index (κ3) is 4.51. The Hall–Kier alpha value is -0.770. The van der Waals surface area contributed by atoms with Gasteiger partial charge in [-0.05, 0) is 13.0 Å². The minimum absolute atomic E-state index is 0.670. The highest BCUT2D eigenvalue weighted by Crippen LogP contribution is 2.05.